The van der Waals surface area contributed by atoms with Crippen LogP contribution in [0.25, 0.3) is 0 Å². The maximum atomic E-state index is 12.4. The molecule has 1 aliphatic heterocycles. The van der Waals surface area contributed by atoms with Crippen molar-refractivity contribution in [2.45, 2.75) is 32.0 Å². The van der Waals surface area contributed by atoms with Crippen molar-refractivity contribution in [3.8, 4) is 11.5 Å². The van der Waals surface area contributed by atoms with E-state index in [1.165, 1.54) is 25.7 Å². The van der Waals surface area contributed by atoms with Gasteiger partial charge < -0.3 is 24.1 Å². The number of alkyl halides is 2. The summed E-state index contributed by atoms with van der Waals surface area (Å²) in [7, 11) is 1.41. The van der Waals surface area contributed by atoms with Gasteiger partial charge in [0.15, 0.2) is 11.5 Å². The number of hydrogen-bond acceptors (Lipinski definition) is 5. The van der Waals surface area contributed by atoms with Crippen LogP contribution < -0.4 is 14.8 Å². The highest BCUT2D eigenvalue weighted by Crippen LogP contribution is 2.29. The number of piperidine rings is 1. The number of ether oxygens (including phenoxy) is 2. The number of methoxy groups -OCH3 is 1. The Morgan fingerprint density at radius 1 is 1.30 bits per heavy atom. The second-order valence-electron chi connectivity index (χ2n) is 6.32. The minimum Gasteiger partial charge on any atom is -0.493 e. The predicted molar refractivity (Wildman–Crippen MR) is 94.1 cm³/mol. The summed E-state index contributed by atoms with van der Waals surface area (Å²) in [6, 6.07) is 6.84. The van der Waals surface area contributed by atoms with Gasteiger partial charge in [-0.2, -0.15) is 8.78 Å². The number of likely N-dealkylation sites (tertiary alicyclic amines) is 1. The van der Waals surface area contributed by atoms with E-state index < -0.39 is 6.61 Å². The lowest BCUT2D eigenvalue weighted by Gasteiger charge is -2.32. The molecule has 0 aliphatic carbocycles. The molecule has 1 aromatic heterocycles. The maximum Gasteiger partial charge on any atom is 0.387 e. The van der Waals surface area contributed by atoms with E-state index in [0.717, 1.165) is 18.4 Å². The van der Waals surface area contributed by atoms with Gasteiger partial charge in [-0.3, -0.25) is 4.79 Å². The molecule has 1 amide bonds. The molecule has 0 bridgehead atoms. The Balaban J connectivity index is 1.49. The first kappa shape index (κ1) is 19.2. The average Bonchev–Trinajstić information content (AvgIpc) is 3.21. The lowest BCUT2D eigenvalue weighted by atomic mass is 10.0. The van der Waals surface area contributed by atoms with Crippen LogP contribution in [0.3, 0.4) is 0 Å². The number of amides is 1. The van der Waals surface area contributed by atoms with Gasteiger partial charge in [0.25, 0.3) is 5.91 Å². The normalized spacial score (nSPS) is 15.2. The van der Waals surface area contributed by atoms with Crippen molar-refractivity contribution >= 4 is 5.91 Å². The summed E-state index contributed by atoms with van der Waals surface area (Å²) in [6.07, 6.45) is 4.63. The fourth-order valence-electron chi connectivity index (χ4n) is 3.13. The zero-order chi connectivity index (χ0) is 19.2. The minimum atomic E-state index is -2.89. The molecule has 8 heteroatoms. The van der Waals surface area contributed by atoms with Crippen LogP contribution in [0.5, 0.6) is 11.5 Å². The fourth-order valence-corrected chi connectivity index (χ4v) is 3.13. The van der Waals surface area contributed by atoms with E-state index in [-0.39, 0.29) is 23.4 Å². The summed E-state index contributed by atoms with van der Waals surface area (Å²) in [4.78, 5) is 14.1. The lowest BCUT2D eigenvalue weighted by molar-refractivity contribution is -0.0512. The molecule has 0 unspecified atom stereocenters. The molecule has 2 heterocycles. The highest BCUT2D eigenvalue weighted by Gasteiger charge is 2.24. The molecule has 1 N–H and O–H groups in total. The standard InChI is InChI=1S/C19H22F2N2O4/c1-25-17-10-13(2-3-16(17)27-19(20)21)11-22-15-4-7-23(8-5-15)18(24)14-6-9-26-12-14/h2-3,6,9-10,12,15,19,22H,4-5,7-8,11H2,1H3. The molecule has 1 fully saturated rings. The van der Waals surface area contributed by atoms with E-state index in [4.69, 9.17) is 9.15 Å². The van der Waals surface area contributed by atoms with Gasteiger partial charge in [-0.15, -0.1) is 0 Å². The molecular weight excluding hydrogens is 358 g/mol. The maximum absolute atomic E-state index is 12.4. The van der Waals surface area contributed by atoms with E-state index in [0.29, 0.717) is 25.2 Å². The number of carbonyl (C=O) groups excluding carboxylic acids is 1. The third-order valence-electron chi connectivity index (χ3n) is 4.59. The zero-order valence-electron chi connectivity index (χ0n) is 15.0. The fraction of sp³-hybridized carbons (Fsp3) is 0.421. The Labute approximate surface area is 156 Å². The molecule has 0 saturated carbocycles. The molecule has 1 aliphatic rings. The minimum absolute atomic E-state index is 0.0124. The van der Waals surface area contributed by atoms with Crippen LogP contribution in [0.4, 0.5) is 8.78 Å². The summed E-state index contributed by atoms with van der Waals surface area (Å²) in [5, 5.41) is 3.44. The van der Waals surface area contributed by atoms with Crippen LogP contribution in [0.15, 0.2) is 41.2 Å². The first-order valence-electron chi connectivity index (χ1n) is 8.73. The summed E-state index contributed by atoms with van der Waals surface area (Å²) in [5.74, 6) is 0.277. The largest absolute Gasteiger partial charge is 0.493 e. The molecule has 0 atom stereocenters. The van der Waals surface area contributed by atoms with Crippen molar-refractivity contribution in [1.29, 1.82) is 0 Å². The van der Waals surface area contributed by atoms with Gasteiger partial charge in [-0.1, -0.05) is 6.07 Å². The van der Waals surface area contributed by atoms with E-state index in [9.17, 15) is 13.6 Å². The SMILES string of the molecule is COc1cc(CNC2CCN(C(=O)c3ccoc3)CC2)ccc1OC(F)F. The van der Waals surface area contributed by atoms with Gasteiger partial charge >= 0.3 is 6.61 Å². The number of hydrogen-bond donors (Lipinski definition) is 1. The second-order valence-corrected chi connectivity index (χ2v) is 6.32. The summed E-state index contributed by atoms with van der Waals surface area (Å²) in [5.41, 5.74) is 1.48. The van der Waals surface area contributed by atoms with Gasteiger partial charge in [0.1, 0.15) is 6.26 Å². The Kier molecular flexibility index (Phi) is 6.28. The van der Waals surface area contributed by atoms with Gasteiger partial charge in [-0.25, -0.2) is 0 Å². The summed E-state index contributed by atoms with van der Waals surface area (Å²) in [6.45, 7) is -0.970. The Morgan fingerprint density at radius 3 is 2.70 bits per heavy atom. The number of halogens is 2. The number of benzene rings is 1. The third-order valence-corrected chi connectivity index (χ3v) is 4.59. The molecule has 0 spiro atoms. The van der Waals surface area contributed by atoms with E-state index in [2.05, 4.69) is 10.1 Å². The van der Waals surface area contributed by atoms with Crippen molar-refractivity contribution in [2.24, 2.45) is 0 Å². The topological polar surface area (TPSA) is 63.9 Å². The van der Waals surface area contributed by atoms with E-state index in [1.807, 2.05) is 4.90 Å². The van der Waals surface area contributed by atoms with Gasteiger partial charge in [0.2, 0.25) is 0 Å². The Bertz CT molecular complexity index is 744. The zero-order valence-corrected chi connectivity index (χ0v) is 15.0. The molecule has 1 saturated heterocycles. The number of nitrogens with zero attached hydrogens (tertiary/aromatic N) is 1. The monoisotopic (exact) mass is 380 g/mol. The number of nitrogens with one attached hydrogen (secondary N) is 1. The highest BCUT2D eigenvalue weighted by molar-refractivity contribution is 5.93. The molecule has 1 aromatic carbocycles. The Hall–Kier alpha value is -2.61. The first-order valence-corrected chi connectivity index (χ1v) is 8.73. The highest BCUT2D eigenvalue weighted by atomic mass is 19.3. The van der Waals surface area contributed by atoms with Crippen LogP contribution in [0, 0.1) is 0 Å². The van der Waals surface area contributed by atoms with Crippen LogP contribution >= 0.6 is 0 Å². The Morgan fingerprint density at radius 2 is 2.07 bits per heavy atom. The molecule has 6 nitrogen and oxygen atoms in total. The van der Waals surface area contributed by atoms with Crippen molar-refractivity contribution in [3.05, 3.63) is 47.9 Å². The second kappa shape index (κ2) is 8.85. The number of rotatable bonds is 7. The molecule has 0 radical (unpaired) electrons. The van der Waals surface area contributed by atoms with E-state index in [1.54, 1.807) is 18.2 Å². The van der Waals surface area contributed by atoms with Crippen LogP contribution in [-0.4, -0.2) is 43.7 Å². The molecule has 146 valence electrons. The van der Waals surface area contributed by atoms with Crippen molar-refractivity contribution < 1.29 is 27.5 Å². The first-order chi connectivity index (χ1) is 13.1. The van der Waals surface area contributed by atoms with Crippen molar-refractivity contribution in [1.82, 2.24) is 10.2 Å². The summed E-state index contributed by atoms with van der Waals surface area (Å²) < 4.78 is 39.3. The van der Waals surface area contributed by atoms with Crippen molar-refractivity contribution in [2.75, 3.05) is 20.2 Å². The number of carbonyl (C=O) groups is 1. The molecular formula is C19H22F2N2O4. The number of furan rings is 1. The molecule has 3 rings (SSSR count). The van der Waals surface area contributed by atoms with Crippen LogP contribution in [-0.2, 0) is 6.54 Å². The third kappa shape index (κ3) is 4.97. The van der Waals surface area contributed by atoms with Crippen LogP contribution in [0.2, 0.25) is 0 Å². The lowest BCUT2D eigenvalue weighted by Crippen LogP contribution is -2.44. The predicted octanol–water partition coefficient (Wildman–Crippen LogP) is 3.28. The smallest absolute Gasteiger partial charge is 0.387 e. The quantitative estimate of drug-likeness (QED) is 0.799. The van der Waals surface area contributed by atoms with Crippen LogP contribution in [0.1, 0.15) is 28.8 Å². The molecule has 27 heavy (non-hydrogen) atoms. The van der Waals surface area contributed by atoms with Gasteiger partial charge in [0, 0.05) is 25.7 Å². The molecule has 2 aromatic rings. The average molecular weight is 380 g/mol. The summed E-state index contributed by atoms with van der Waals surface area (Å²) >= 11 is 0. The van der Waals surface area contributed by atoms with Gasteiger partial charge in [-0.05, 0) is 36.6 Å². The van der Waals surface area contributed by atoms with E-state index >= 15 is 0 Å². The van der Waals surface area contributed by atoms with Crippen molar-refractivity contribution in [3.63, 3.8) is 0 Å². The van der Waals surface area contributed by atoms with Gasteiger partial charge in [0.05, 0.1) is 18.9 Å².